The minimum absolute atomic E-state index is 0.234. The summed E-state index contributed by atoms with van der Waals surface area (Å²) in [5.41, 5.74) is 0.980. The average Bonchev–Trinajstić information content (AvgIpc) is 3.19. The number of aryl methyl sites for hydroxylation is 1. The number of alkyl halides is 3. The first-order valence-corrected chi connectivity index (χ1v) is 9.32. The largest absolute Gasteiger partial charge is 0.437 e. The third-order valence-electron chi connectivity index (χ3n) is 4.40. The van der Waals surface area contributed by atoms with Crippen molar-refractivity contribution in [1.29, 1.82) is 0 Å². The zero-order valence-electron chi connectivity index (χ0n) is 15.0. The number of nitrogens with one attached hydrogen (secondary N) is 2. The summed E-state index contributed by atoms with van der Waals surface area (Å²) in [4.78, 5) is 12.8. The highest BCUT2D eigenvalue weighted by Crippen LogP contribution is 2.40. The molecule has 5 nitrogen and oxygen atoms in total. The molecule has 0 saturated carbocycles. The van der Waals surface area contributed by atoms with Crippen LogP contribution in [0.3, 0.4) is 0 Å². The van der Waals surface area contributed by atoms with Crippen LogP contribution in [0.2, 0.25) is 0 Å². The van der Waals surface area contributed by atoms with Crippen LogP contribution in [0.5, 0.6) is 0 Å². The quantitative estimate of drug-likeness (QED) is 0.530. The maximum Gasteiger partial charge on any atom is 0.437 e. The zero-order valence-corrected chi connectivity index (χ0v) is 16.6. The van der Waals surface area contributed by atoms with Crippen molar-refractivity contribution in [3.05, 3.63) is 76.0 Å². The van der Waals surface area contributed by atoms with Gasteiger partial charge in [0, 0.05) is 29.0 Å². The fourth-order valence-corrected chi connectivity index (χ4v) is 3.56. The highest BCUT2D eigenvalue weighted by Gasteiger charge is 2.38. The summed E-state index contributed by atoms with van der Waals surface area (Å²) in [6, 6.07) is 14.0. The van der Waals surface area contributed by atoms with Gasteiger partial charge in [0.1, 0.15) is 0 Å². The molecule has 0 fully saturated rings. The Bertz CT molecular complexity index is 1140. The van der Waals surface area contributed by atoms with Crippen molar-refractivity contribution in [2.24, 2.45) is 7.05 Å². The first kappa shape index (κ1) is 19.3. The lowest BCUT2D eigenvalue weighted by molar-refractivity contribution is -0.140. The van der Waals surface area contributed by atoms with E-state index in [0.29, 0.717) is 16.8 Å². The molecule has 0 radical (unpaired) electrons. The number of anilines is 2. The molecule has 2 heterocycles. The van der Waals surface area contributed by atoms with Gasteiger partial charge in [-0.2, -0.15) is 18.3 Å². The van der Waals surface area contributed by atoms with Gasteiger partial charge >= 0.3 is 6.18 Å². The summed E-state index contributed by atoms with van der Waals surface area (Å²) in [5.74, 6) is -0.401. The van der Waals surface area contributed by atoms with Crippen molar-refractivity contribution < 1.29 is 18.0 Å². The lowest BCUT2D eigenvalue weighted by Crippen LogP contribution is -2.13. The molecule has 0 spiro atoms. The summed E-state index contributed by atoms with van der Waals surface area (Å²) in [6.45, 7) is 0. The Morgan fingerprint density at radius 2 is 1.90 bits per heavy atom. The van der Waals surface area contributed by atoms with Gasteiger partial charge in [0.25, 0.3) is 5.91 Å². The van der Waals surface area contributed by atoms with Crippen molar-refractivity contribution in [3.63, 3.8) is 0 Å². The maximum absolute atomic E-state index is 13.4. The number of benzene rings is 2. The maximum atomic E-state index is 13.4. The third kappa shape index (κ3) is 3.65. The van der Waals surface area contributed by atoms with Crippen LogP contribution >= 0.6 is 15.9 Å². The van der Waals surface area contributed by atoms with Gasteiger partial charge in [0.15, 0.2) is 5.69 Å². The smallest absolute Gasteiger partial charge is 0.351 e. The molecule has 1 aliphatic heterocycles. The molecule has 4 rings (SSSR count). The van der Waals surface area contributed by atoms with E-state index in [4.69, 9.17) is 0 Å². The van der Waals surface area contributed by atoms with Gasteiger partial charge in [-0.15, -0.1) is 0 Å². The third-order valence-corrected chi connectivity index (χ3v) is 4.89. The zero-order chi connectivity index (χ0) is 20.8. The molecule has 1 amide bonds. The van der Waals surface area contributed by atoms with Gasteiger partial charge < -0.3 is 10.6 Å². The van der Waals surface area contributed by atoms with Crippen LogP contribution in [-0.4, -0.2) is 15.7 Å². The van der Waals surface area contributed by atoms with Crippen molar-refractivity contribution in [2.75, 3.05) is 10.6 Å². The molecule has 2 N–H and O–H groups in total. The summed E-state index contributed by atoms with van der Waals surface area (Å²) in [7, 11) is 1.41. The molecule has 148 valence electrons. The van der Waals surface area contributed by atoms with Crippen molar-refractivity contribution in [1.82, 2.24) is 9.78 Å². The van der Waals surface area contributed by atoms with E-state index in [0.717, 1.165) is 9.15 Å². The van der Waals surface area contributed by atoms with Crippen LogP contribution in [-0.2, 0) is 18.0 Å². The number of hydrogen-bond acceptors (Lipinski definition) is 3. The van der Waals surface area contributed by atoms with Crippen LogP contribution < -0.4 is 10.6 Å². The number of rotatable bonds is 3. The Hall–Kier alpha value is -3.07. The Labute approximate surface area is 172 Å². The number of carbonyl (C=O) groups excluding carboxylic acids is 1. The minimum atomic E-state index is -4.64. The first-order chi connectivity index (χ1) is 13.7. The van der Waals surface area contributed by atoms with E-state index in [9.17, 15) is 18.0 Å². The fourth-order valence-electron chi connectivity index (χ4n) is 3.20. The minimum Gasteiger partial charge on any atom is -0.351 e. The molecular weight excluding hydrogens is 449 g/mol. The lowest BCUT2D eigenvalue weighted by atomic mass is 10.00. The van der Waals surface area contributed by atoms with Crippen molar-refractivity contribution in [3.8, 4) is 0 Å². The number of hydrogen-bond donors (Lipinski definition) is 2. The summed E-state index contributed by atoms with van der Waals surface area (Å²) in [6.07, 6.45) is -3.41. The second kappa shape index (κ2) is 7.07. The van der Waals surface area contributed by atoms with Crippen molar-refractivity contribution in [2.45, 2.75) is 6.18 Å². The van der Waals surface area contributed by atoms with E-state index in [1.807, 2.05) is 0 Å². The molecule has 1 aromatic heterocycles. The molecule has 0 saturated heterocycles. The summed E-state index contributed by atoms with van der Waals surface area (Å²) in [5, 5.41) is 9.12. The van der Waals surface area contributed by atoms with E-state index in [1.165, 1.54) is 13.2 Å². The average molecular weight is 463 g/mol. The number of amides is 1. The van der Waals surface area contributed by atoms with Gasteiger partial charge in [-0.1, -0.05) is 46.3 Å². The highest BCUT2D eigenvalue weighted by molar-refractivity contribution is 9.10. The van der Waals surface area contributed by atoms with Gasteiger partial charge in [0.2, 0.25) is 0 Å². The van der Waals surface area contributed by atoms with Gasteiger partial charge in [0.05, 0.1) is 17.0 Å². The van der Waals surface area contributed by atoms with E-state index in [-0.39, 0.29) is 17.0 Å². The SMILES string of the molecule is Cn1cc(N/C(=C2\C(=O)Nc3ccc(Br)cc32)c2ccccc2)c(C(F)(F)F)n1. The van der Waals surface area contributed by atoms with E-state index in [2.05, 4.69) is 31.7 Å². The Balaban J connectivity index is 1.94. The fraction of sp³-hybridized carbons (Fsp3) is 0.100. The number of fused-ring (bicyclic) bond motifs is 1. The van der Waals surface area contributed by atoms with Crippen LogP contribution in [0.15, 0.2) is 59.2 Å². The molecule has 1 aliphatic rings. The van der Waals surface area contributed by atoms with Gasteiger partial charge in [-0.05, 0) is 23.8 Å². The first-order valence-electron chi connectivity index (χ1n) is 8.53. The predicted octanol–water partition coefficient (Wildman–Crippen LogP) is 5.13. The molecule has 29 heavy (non-hydrogen) atoms. The van der Waals surface area contributed by atoms with Gasteiger partial charge in [-0.25, -0.2) is 0 Å². The van der Waals surface area contributed by atoms with Crippen molar-refractivity contribution >= 4 is 44.5 Å². The molecule has 0 atom stereocenters. The topological polar surface area (TPSA) is 59.0 Å². The van der Waals surface area contributed by atoms with E-state index >= 15 is 0 Å². The molecule has 2 aromatic carbocycles. The molecule has 0 aliphatic carbocycles. The van der Waals surface area contributed by atoms with Crippen LogP contribution in [0, 0.1) is 0 Å². The van der Waals surface area contributed by atoms with E-state index in [1.54, 1.807) is 48.5 Å². The molecule has 0 bridgehead atoms. The summed E-state index contributed by atoms with van der Waals surface area (Å²) >= 11 is 3.38. The number of aromatic nitrogens is 2. The van der Waals surface area contributed by atoms with Crippen LogP contribution in [0.4, 0.5) is 24.5 Å². The second-order valence-corrected chi connectivity index (χ2v) is 7.36. The normalized spacial score (nSPS) is 15.1. The van der Waals surface area contributed by atoms with Gasteiger partial charge in [-0.3, -0.25) is 9.48 Å². The molecule has 0 unspecified atom stereocenters. The molecule has 9 heteroatoms. The van der Waals surface area contributed by atoms with Crippen LogP contribution in [0.25, 0.3) is 11.3 Å². The number of carbonyl (C=O) groups is 1. The standard InChI is InChI=1S/C20H14BrF3N4O/c1-28-10-15(18(27-28)20(22,23)24)25-17(11-5-3-2-4-6-11)16-13-9-12(21)7-8-14(13)26-19(16)29/h2-10,25H,1H3,(H,26,29)/b17-16-. The Kier molecular flexibility index (Phi) is 4.70. The molecular formula is C20H14BrF3N4O. The Morgan fingerprint density at radius 3 is 2.59 bits per heavy atom. The lowest BCUT2D eigenvalue weighted by Gasteiger charge is -2.15. The summed E-state index contributed by atoms with van der Waals surface area (Å²) < 4.78 is 42.2. The number of nitrogens with zero attached hydrogens (tertiary/aromatic N) is 2. The highest BCUT2D eigenvalue weighted by atomic mass is 79.9. The second-order valence-electron chi connectivity index (χ2n) is 6.45. The van der Waals surface area contributed by atoms with E-state index < -0.39 is 17.8 Å². The monoisotopic (exact) mass is 462 g/mol. The number of halogens is 4. The predicted molar refractivity (Wildman–Crippen MR) is 108 cm³/mol. The van der Waals surface area contributed by atoms with Crippen LogP contribution in [0.1, 0.15) is 16.8 Å². The Morgan fingerprint density at radius 1 is 1.17 bits per heavy atom. The molecule has 3 aromatic rings.